The van der Waals surface area contributed by atoms with E-state index in [-0.39, 0.29) is 33.6 Å². The lowest BCUT2D eigenvalue weighted by Gasteiger charge is -2.08. The Morgan fingerprint density at radius 1 is 1.35 bits per heavy atom. The van der Waals surface area contributed by atoms with E-state index in [2.05, 4.69) is 25.9 Å². The number of nitrogens with two attached hydrogens (primary N) is 1. The van der Waals surface area contributed by atoms with E-state index in [1.54, 1.807) is 6.07 Å². The van der Waals surface area contributed by atoms with Crippen molar-refractivity contribution >= 4 is 27.6 Å². The molecule has 9 heteroatoms. The summed E-state index contributed by atoms with van der Waals surface area (Å²) in [6.07, 6.45) is 0. The number of benzene rings is 1. The summed E-state index contributed by atoms with van der Waals surface area (Å²) in [5.41, 5.74) is 5.39. The van der Waals surface area contributed by atoms with E-state index < -0.39 is 4.92 Å². The number of nitro benzene ring substituents is 1. The summed E-state index contributed by atoms with van der Waals surface area (Å²) in [4.78, 5) is 18.0. The predicted molar refractivity (Wildman–Crippen MR) is 73.9 cm³/mol. The van der Waals surface area contributed by atoms with Crippen LogP contribution in [0.1, 0.15) is 0 Å². The molecule has 1 aromatic carbocycles. The largest absolute Gasteiger partial charge is 0.481 e. The molecular formula is C11H9BrN4O4. The summed E-state index contributed by atoms with van der Waals surface area (Å²) in [7, 11) is 1.43. The second-order valence-electron chi connectivity index (χ2n) is 3.56. The maximum absolute atomic E-state index is 10.8. The molecule has 0 spiro atoms. The number of methoxy groups -OCH3 is 1. The van der Waals surface area contributed by atoms with E-state index in [0.29, 0.717) is 0 Å². The Morgan fingerprint density at radius 2 is 2.05 bits per heavy atom. The zero-order chi connectivity index (χ0) is 14.7. The van der Waals surface area contributed by atoms with Gasteiger partial charge in [0.1, 0.15) is 4.47 Å². The van der Waals surface area contributed by atoms with Gasteiger partial charge in [0.15, 0.2) is 5.75 Å². The zero-order valence-corrected chi connectivity index (χ0v) is 11.8. The number of ether oxygens (including phenoxy) is 2. The van der Waals surface area contributed by atoms with E-state index in [9.17, 15) is 10.1 Å². The maximum Gasteiger partial charge on any atom is 0.287 e. The average Bonchev–Trinajstić information content (AvgIpc) is 2.40. The molecule has 2 N–H and O–H groups in total. The van der Waals surface area contributed by atoms with E-state index in [1.165, 1.54) is 25.3 Å². The molecule has 0 saturated heterocycles. The fraction of sp³-hybridized carbons (Fsp3) is 0.0909. The van der Waals surface area contributed by atoms with Crippen molar-refractivity contribution in [2.24, 2.45) is 0 Å². The fourth-order valence-electron chi connectivity index (χ4n) is 1.41. The standard InChI is InChI=1S/C11H9BrN4O4/c1-19-8-5-9(15-11(13)14-8)20-7-4-2-3-6(10(7)12)16(17)18/h2-5H,1H3,(H2,13,14,15). The van der Waals surface area contributed by atoms with Crippen LogP contribution in [-0.4, -0.2) is 22.0 Å². The SMILES string of the molecule is COc1cc(Oc2cccc([N+](=O)[O-])c2Br)nc(N)n1. The fourth-order valence-corrected chi connectivity index (χ4v) is 1.90. The van der Waals surface area contributed by atoms with E-state index in [4.69, 9.17) is 15.2 Å². The van der Waals surface area contributed by atoms with Crippen molar-refractivity contribution in [3.63, 3.8) is 0 Å². The topological polar surface area (TPSA) is 113 Å². The van der Waals surface area contributed by atoms with Gasteiger partial charge in [-0.05, 0) is 22.0 Å². The van der Waals surface area contributed by atoms with Gasteiger partial charge in [-0.2, -0.15) is 9.97 Å². The molecule has 0 radical (unpaired) electrons. The van der Waals surface area contributed by atoms with Gasteiger partial charge in [-0.3, -0.25) is 10.1 Å². The summed E-state index contributed by atoms with van der Waals surface area (Å²) in [6, 6.07) is 5.83. The molecule has 104 valence electrons. The first kappa shape index (κ1) is 14.0. The quantitative estimate of drug-likeness (QED) is 0.671. The van der Waals surface area contributed by atoms with Gasteiger partial charge >= 0.3 is 0 Å². The highest BCUT2D eigenvalue weighted by molar-refractivity contribution is 9.10. The lowest BCUT2D eigenvalue weighted by molar-refractivity contribution is -0.385. The van der Waals surface area contributed by atoms with Crippen LogP contribution in [0.5, 0.6) is 17.5 Å². The Bertz CT molecular complexity index is 665. The molecule has 0 aliphatic carbocycles. The number of hydrogen-bond acceptors (Lipinski definition) is 7. The molecule has 1 heterocycles. The molecule has 2 rings (SSSR count). The predicted octanol–water partition coefficient (Wildman–Crippen LogP) is 2.53. The number of hydrogen-bond donors (Lipinski definition) is 1. The Balaban J connectivity index is 2.37. The van der Waals surface area contributed by atoms with Crippen molar-refractivity contribution in [3.05, 3.63) is 38.9 Å². The van der Waals surface area contributed by atoms with Gasteiger partial charge in [-0.25, -0.2) is 0 Å². The molecular weight excluding hydrogens is 332 g/mol. The minimum absolute atomic E-state index is 0.0269. The van der Waals surface area contributed by atoms with Gasteiger partial charge in [0.05, 0.1) is 18.1 Å². The second kappa shape index (κ2) is 5.70. The first-order valence-corrected chi connectivity index (χ1v) is 6.10. The Labute approximate surface area is 121 Å². The van der Waals surface area contributed by atoms with Crippen molar-refractivity contribution in [1.82, 2.24) is 9.97 Å². The monoisotopic (exact) mass is 340 g/mol. The summed E-state index contributed by atoms with van der Waals surface area (Å²) >= 11 is 3.12. The maximum atomic E-state index is 10.8. The van der Waals surface area contributed by atoms with E-state index >= 15 is 0 Å². The van der Waals surface area contributed by atoms with Crippen LogP contribution in [0.2, 0.25) is 0 Å². The molecule has 0 bridgehead atoms. The summed E-state index contributed by atoms with van der Waals surface area (Å²) in [5, 5.41) is 10.8. The van der Waals surface area contributed by atoms with Crippen molar-refractivity contribution in [2.75, 3.05) is 12.8 Å². The lowest BCUT2D eigenvalue weighted by atomic mass is 10.3. The summed E-state index contributed by atoms with van der Waals surface area (Å²) < 4.78 is 10.6. The normalized spacial score (nSPS) is 10.1. The first-order chi connectivity index (χ1) is 9.51. The van der Waals surface area contributed by atoms with Crippen LogP contribution in [0.25, 0.3) is 0 Å². The molecule has 1 aromatic heterocycles. The molecule has 0 fully saturated rings. The number of aromatic nitrogens is 2. The molecule has 0 aliphatic rings. The molecule has 0 amide bonds. The molecule has 0 saturated carbocycles. The highest BCUT2D eigenvalue weighted by atomic mass is 79.9. The van der Waals surface area contributed by atoms with Gasteiger partial charge in [-0.1, -0.05) is 6.07 Å². The molecule has 0 aliphatic heterocycles. The van der Waals surface area contributed by atoms with Crippen LogP contribution in [0, 0.1) is 10.1 Å². The smallest absolute Gasteiger partial charge is 0.287 e. The number of halogens is 1. The third-order valence-corrected chi connectivity index (χ3v) is 3.06. The minimum Gasteiger partial charge on any atom is -0.481 e. The Hall–Kier alpha value is -2.42. The van der Waals surface area contributed by atoms with Crippen LogP contribution in [-0.2, 0) is 0 Å². The number of nitrogens with zero attached hydrogens (tertiary/aromatic N) is 3. The third-order valence-electron chi connectivity index (χ3n) is 2.26. The Morgan fingerprint density at radius 3 is 2.70 bits per heavy atom. The van der Waals surface area contributed by atoms with Gasteiger partial charge in [0.2, 0.25) is 17.7 Å². The molecule has 20 heavy (non-hydrogen) atoms. The van der Waals surface area contributed by atoms with Gasteiger partial charge < -0.3 is 15.2 Å². The van der Waals surface area contributed by atoms with Crippen molar-refractivity contribution < 1.29 is 14.4 Å². The molecule has 8 nitrogen and oxygen atoms in total. The highest BCUT2D eigenvalue weighted by Gasteiger charge is 2.17. The highest BCUT2D eigenvalue weighted by Crippen LogP contribution is 2.36. The van der Waals surface area contributed by atoms with Crippen LogP contribution in [0.15, 0.2) is 28.7 Å². The van der Waals surface area contributed by atoms with Crippen molar-refractivity contribution in [1.29, 1.82) is 0 Å². The van der Waals surface area contributed by atoms with Crippen molar-refractivity contribution in [3.8, 4) is 17.5 Å². The second-order valence-corrected chi connectivity index (χ2v) is 4.35. The number of nitrogen functional groups attached to an aromatic ring is 1. The summed E-state index contributed by atoms with van der Waals surface area (Å²) in [5.74, 6) is 0.560. The van der Waals surface area contributed by atoms with E-state index in [0.717, 1.165) is 0 Å². The lowest BCUT2D eigenvalue weighted by Crippen LogP contribution is -2.00. The van der Waals surface area contributed by atoms with Crippen molar-refractivity contribution in [2.45, 2.75) is 0 Å². The zero-order valence-electron chi connectivity index (χ0n) is 10.2. The molecule has 2 aromatic rings. The molecule has 0 atom stereocenters. The van der Waals surface area contributed by atoms with Crippen LogP contribution in [0.3, 0.4) is 0 Å². The molecule has 0 unspecified atom stereocenters. The van der Waals surface area contributed by atoms with Gasteiger partial charge in [0, 0.05) is 6.07 Å². The van der Waals surface area contributed by atoms with Crippen LogP contribution in [0.4, 0.5) is 11.6 Å². The number of anilines is 1. The van der Waals surface area contributed by atoms with Crippen LogP contribution >= 0.6 is 15.9 Å². The van der Waals surface area contributed by atoms with Gasteiger partial charge in [-0.15, -0.1) is 0 Å². The van der Waals surface area contributed by atoms with Crippen LogP contribution < -0.4 is 15.2 Å². The minimum atomic E-state index is -0.522. The number of nitro groups is 1. The average molecular weight is 341 g/mol. The number of rotatable bonds is 4. The first-order valence-electron chi connectivity index (χ1n) is 5.30. The van der Waals surface area contributed by atoms with Gasteiger partial charge in [0.25, 0.3) is 5.69 Å². The third kappa shape index (κ3) is 2.94. The Kier molecular flexibility index (Phi) is 3.99. The van der Waals surface area contributed by atoms with E-state index in [1.807, 2.05) is 0 Å². The summed E-state index contributed by atoms with van der Waals surface area (Å²) in [6.45, 7) is 0.